The topological polar surface area (TPSA) is 88.1 Å². The molecule has 3 aromatic carbocycles. The molecule has 1 aromatic heterocycles. The minimum atomic E-state index is -0.109. The Hall–Kier alpha value is -4.63. The fourth-order valence-corrected chi connectivity index (χ4v) is 5.57. The predicted octanol–water partition coefficient (Wildman–Crippen LogP) is 4.84. The maximum absolute atomic E-state index is 13.6. The third kappa shape index (κ3) is 6.89. The lowest BCUT2D eigenvalue weighted by atomic mass is 10.1. The van der Waals surface area contributed by atoms with Gasteiger partial charge in [-0.15, -0.1) is 10.2 Å². The van der Waals surface area contributed by atoms with E-state index in [-0.39, 0.29) is 31.6 Å². The van der Waals surface area contributed by atoms with E-state index in [0.29, 0.717) is 48.4 Å². The Morgan fingerprint density at radius 1 is 0.814 bits per heavy atom. The second kappa shape index (κ2) is 13.1. The molecule has 0 bridgehead atoms. The number of ether oxygens (including phenoxy) is 2. The van der Waals surface area contributed by atoms with E-state index in [1.807, 2.05) is 89.8 Å². The van der Waals surface area contributed by atoms with Crippen molar-refractivity contribution in [3.05, 3.63) is 101 Å². The fourth-order valence-electron chi connectivity index (χ4n) is 5.34. The molecule has 0 aliphatic carbocycles. The van der Waals surface area contributed by atoms with Crippen LogP contribution in [0.25, 0.3) is 11.3 Å². The van der Waals surface area contributed by atoms with Crippen LogP contribution in [0.1, 0.15) is 17.5 Å². The van der Waals surface area contributed by atoms with Crippen LogP contribution in [0.4, 0.5) is 5.82 Å². The maximum Gasteiger partial charge on any atom is 0.242 e. The molecule has 6 rings (SSSR count). The van der Waals surface area contributed by atoms with E-state index in [4.69, 9.17) is 21.1 Å². The molecule has 2 aliphatic heterocycles. The lowest BCUT2D eigenvalue weighted by Crippen LogP contribution is -2.44. The molecule has 0 unspecified atom stereocenters. The lowest BCUT2D eigenvalue weighted by molar-refractivity contribution is -0.140. The molecule has 0 saturated carbocycles. The quantitative estimate of drug-likeness (QED) is 0.287. The van der Waals surface area contributed by atoms with Crippen molar-refractivity contribution in [2.75, 3.05) is 44.4 Å². The minimum Gasteiger partial charge on any atom is -0.454 e. The average Bonchev–Trinajstić information content (AvgIpc) is 3.36. The van der Waals surface area contributed by atoms with Gasteiger partial charge in [-0.3, -0.25) is 9.59 Å². The van der Waals surface area contributed by atoms with Gasteiger partial charge in [0.05, 0.1) is 17.1 Å². The van der Waals surface area contributed by atoms with Gasteiger partial charge in [-0.05, 0) is 47.9 Å². The summed E-state index contributed by atoms with van der Waals surface area (Å²) in [5.74, 6) is 1.90. The van der Waals surface area contributed by atoms with Gasteiger partial charge in [0.2, 0.25) is 18.6 Å². The van der Waals surface area contributed by atoms with Crippen molar-refractivity contribution in [1.82, 2.24) is 20.0 Å². The van der Waals surface area contributed by atoms with Crippen LogP contribution in [0.3, 0.4) is 0 Å². The van der Waals surface area contributed by atoms with Gasteiger partial charge in [0, 0.05) is 38.3 Å². The number of benzene rings is 3. The smallest absolute Gasteiger partial charge is 0.242 e. The Kier molecular flexibility index (Phi) is 8.70. The Balaban J connectivity index is 1.12. The van der Waals surface area contributed by atoms with Crippen molar-refractivity contribution in [3.8, 4) is 22.8 Å². The van der Waals surface area contributed by atoms with Gasteiger partial charge in [-0.1, -0.05) is 66.2 Å². The van der Waals surface area contributed by atoms with Gasteiger partial charge >= 0.3 is 0 Å². The maximum atomic E-state index is 13.6. The van der Waals surface area contributed by atoms with E-state index >= 15 is 0 Å². The lowest BCUT2D eigenvalue weighted by Gasteiger charge is -2.27. The highest BCUT2D eigenvalue weighted by Gasteiger charge is 2.25. The number of halogens is 1. The molecule has 2 amide bonds. The zero-order valence-corrected chi connectivity index (χ0v) is 24.4. The van der Waals surface area contributed by atoms with E-state index in [1.54, 1.807) is 4.90 Å². The molecular formula is C33H32ClN5O4. The van der Waals surface area contributed by atoms with Crippen LogP contribution in [0.5, 0.6) is 11.5 Å². The van der Waals surface area contributed by atoms with Gasteiger partial charge in [-0.2, -0.15) is 0 Å². The number of hydrogen-bond acceptors (Lipinski definition) is 7. The van der Waals surface area contributed by atoms with Crippen LogP contribution in [0.2, 0.25) is 5.02 Å². The first-order valence-electron chi connectivity index (χ1n) is 14.3. The molecule has 43 heavy (non-hydrogen) atoms. The largest absolute Gasteiger partial charge is 0.454 e. The Morgan fingerprint density at radius 3 is 2.44 bits per heavy atom. The Morgan fingerprint density at radius 2 is 1.63 bits per heavy atom. The summed E-state index contributed by atoms with van der Waals surface area (Å²) in [5.41, 5.74) is 3.33. The molecule has 0 spiro atoms. The van der Waals surface area contributed by atoms with Crippen LogP contribution < -0.4 is 14.4 Å². The van der Waals surface area contributed by atoms with Gasteiger partial charge in [0.25, 0.3) is 0 Å². The summed E-state index contributed by atoms with van der Waals surface area (Å²) in [6.07, 6.45) is 0.995. The molecule has 2 aliphatic rings. The Labute approximate surface area is 255 Å². The van der Waals surface area contributed by atoms with Crippen LogP contribution >= 0.6 is 11.6 Å². The van der Waals surface area contributed by atoms with Crippen LogP contribution in [-0.2, 0) is 22.6 Å². The number of carbonyl (C=O) groups excluding carboxylic acids is 2. The van der Waals surface area contributed by atoms with Crippen LogP contribution in [0.15, 0.2) is 84.9 Å². The van der Waals surface area contributed by atoms with E-state index < -0.39 is 0 Å². The third-order valence-electron chi connectivity index (χ3n) is 7.66. The first-order valence-corrected chi connectivity index (χ1v) is 14.7. The molecule has 3 heterocycles. The monoisotopic (exact) mass is 597 g/mol. The van der Waals surface area contributed by atoms with Crippen molar-refractivity contribution in [2.24, 2.45) is 0 Å². The van der Waals surface area contributed by atoms with Crippen LogP contribution in [-0.4, -0.2) is 71.3 Å². The zero-order chi connectivity index (χ0) is 29.6. The summed E-state index contributed by atoms with van der Waals surface area (Å²) < 4.78 is 11.0. The van der Waals surface area contributed by atoms with E-state index in [0.717, 1.165) is 35.5 Å². The SMILES string of the molecule is O=C(CN(Cc1ccc2c(c1)OCO2)C(=O)Cc1ccccc1)N1CCCN(c2ccc(-c3ccccc3Cl)nn2)CC1. The number of nitrogens with zero attached hydrogens (tertiary/aromatic N) is 5. The highest BCUT2D eigenvalue weighted by Crippen LogP contribution is 2.33. The summed E-state index contributed by atoms with van der Waals surface area (Å²) in [6.45, 7) is 2.96. The summed E-state index contributed by atoms with van der Waals surface area (Å²) in [6, 6.07) is 26.6. The van der Waals surface area contributed by atoms with E-state index in [2.05, 4.69) is 15.1 Å². The number of fused-ring (bicyclic) bond motifs is 1. The van der Waals surface area contributed by atoms with Crippen molar-refractivity contribution >= 4 is 29.2 Å². The first-order chi connectivity index (χ1) is 21.0. The molecule has 0 atom stereocenters. The molecule has 10 heteroatoms. The van der Waals surface area contributed by atoms with Gasteiger partial charge in [0.1, 0.15) is 6.54 Å². The second-order valence-corrected chi connectivity index (χ2v) is 11.0. The highest BCUT2D eigenvalue weighted by atomic mass is 35.5. The second-order valence-electron chi connectivity index (χ2n) is 10.6. The number of amides is 2. The predicted molar refractivity (Wildman–Crippen MR) is 164 cm³/mol. The number of hydrogen-bond donors (Lipinski definition) is 0. The van der Waals surface area contributed by atoms with Gasteiger partial charge < -0.3 is 24.2 Å². The van der Waals surface area contributed by atoms with Crippen molar-refractivity contribution in [2.45, 2.75) is 19.4 Å². The summed E-state index contributed by atoms with van der Waals surface area (Å²) in [4.78, 5) is 32.7. The average molecular weight is 598 g/mol. The van der Waals surface area contributed by atoms with E-state index in [1.165, 1.54) is 0 Å². The first kappa shape index (κ1) is 28.5. The molecule has 1 saturated heterocycles. The molecule has 0 radical (unpaired) electrons. The fraction of sp³-hybridized carbons (Fsp3) is 0.273. The minimum absolute atomic E-state index is 0.00749. The molecular weight excluding hydrogens is 566 g/mol. The van der Waals surface area contributed by atoms with Crippen molar-refractivity contribution < 1.29 is 19.1 Å². The molecule has 0 N–H and O–H groups in total. The highest BCUT2D eigenvalue weighted by molar-refractivity contribution is 6.33. The zero-order valence-electron chi connectivity index (χ0n) is 23.7. The molecule has 9 nitrogen and oxygen atoms in total. The number of carbonyl (C=O) groups is 2. The number of rotatable bonds is 8. The molecule has 220 valence electrons. The summed E-state index contributed by atoms with van der Waals surface area (Å²) in [5, 5.41) is 9.49. The number of anilines is 1. The van der Waals surface area contributed by atoms with Gasteiger partial charge in [-0.25, -0.2) is 0 Å². The molecule has 1 fully saturated rings. The third-order valence-corrected chi connectivity index (χ3v) is 7.99. The van der Waals surface area contributed by atoms with E-state index in [9.17, 15) is 9.59 Å². The summed E-state index contributed by atoms with van der Waals surface area (Å²) in [7, 11) is 0. The van der Waals surface area contributed by atoms with Crippen molar-refractivity contribution in [3.63, 3.8) is 0 Å². The van der Waals surface area contributed by atoms with Crippen molar-refractivity contribution in [1.29, 1.82) is 0 Å². The normalized spacial score (nSPS) is 14.3. The van der Waals surface area contributed by atoms with Crippen LogP contribution in [0, 0.1) is 0 Å². The standard InChI is InChI=1S/C33H32ClN5O4/c34-27-10-5-4-9-26(27)28-12-14-31(36-35-28)37-15-6-16-38(18-17-37)33(41)22-39(32(40)20-24-7-2-1-3-8-24)21-25-11-13-29-30(19-25)43-23-42-29/h1-5,7-14,19H,6,15-18,20-23H2. The summed E-state index contributed by atoms with van der Waals surface area (Å²) >= 11 is 6.33. The Bertz CT molecular complexity index is 1580. The number of aromatic nitrogens is 2. The molecule has 4 aromatic rings. The van der Waals surface area contributed by atoms with Gasteiger partial charge in [0.15, 0.2) is 17.3 Å².